The third kappa shape index (κ3) is 5.04. The summed E-state index contributed by atoms with van der Waals surface area (Å²) in [6.07, 6.45) is 2.94. The van der Waals surface area contributed by atoms with E-state index in [1.165, 1.54) is 17.0 Å². The van der Waals surface area contributed by atoms with Crippen LogP contribution in [0.5, 0.6) is 0 Å². The Balaban J connectivity index is 2.62. The van der Waals surface area contributed by atoms with Crippen LogP contribution in [-0.2, 0) is 18.7 Å². The van der Waals surface area contributed by atoms with Crippen LogP contribution in [0.2, 0.25) is 0 Å². The van der Waals surface area contributed by atoms with Gasteiger partial charge in [-0.25, -0.2) is 9.97 Å². The van der Waals surface area contributed by atoms with E-state index in [-0.39, 0.29) is 0 Å². The average Bonchev–Trinajstić information content (AvgIpc) is 2.30. The number of thioether (sulfide) groups is 1. The molecule has 0 spiro atoms. The molecule has 96 valence electrons. The standard InChI is InChI=1S/C13H23N3S/c1-5-12-11(6-14-4)7-15-13(16-12)9-17-8-10(2)3/h7,10,14H,5-6,8-9H2,1-4H3. The first-order valence-corrected chi connectivity index (χ1v) is 7.38. The molecule has 0 atom stereocenters. The number of nitrogens with one attached hydrogen (secondary N) is 1. The van der Waals surface area contributed by atoms with E-state index in [1.807, 2.05) is 25.0 Å². The van der Waals surface area contributed by atoms with E-state index >= 15 is 0 Å². The summed E-state index contributed by atoms with van der Waals surface area (Å²) in [4.78, 5) is 9.07. The van der Waals surface area contributed by atoms with Crippen molar-refractivity contribution >= 4 is 11.8 Å². The zero-order valence-corrected chi connectivity index (χ0v) is 12.1. The van der Waals surface area contributed by atoms with Crippen molar-refractivity contribution in [2.24, 2.45) is 5.92 Å². The van der Waals surface area contributed by atoms with Gasteiger partial charge in [0.15, 0.2) is 0 Å². The quantitative estimate of drug-likeness (QED) is 0.810. The first-order chi connectivity index (χ1) is 8.17. The van der Waals surface area contributed by atoms with Gasteiger partial charge >= 0.3 is 0 Å². The molecule has 0 saturated carbocycles. The highest BCUT2D eigenvalue weighted by molar-refractivity contribution is 7.98. The summed E-state index contributed by atoms with van der Waals surface area (Å²) in [7, 11) is 1.95. The van der Waals surface area contributed by atoms with Gasteiger partial charge in [-0.3, -0.25) is 0 Å². The van der Waals surface area contributed by atoms with Crippen LogP contribution in [0, 0.1) is 5.92 Å². The Morgan fingerprint density at radius 3 is 2.76 bits per heavy atom. The lowest BCUT2D eigenvalue weighted by molar-refractivity contribution is 0.749. The molecule has 4 heteroatoms. The minimum Gasteiger partial charge on any atom is -0.316 e. The van der Waals surface area contributed by atoms with Crippen LogP contribution < -0.4 is 5.32 Å². The monoisotopic (exact) mass is 253 g/mol. The first kappa shape index (κ1) is 14.5. The van der Waals surface area contributed by atoms with Crippen LogP contribution in [0.4, 0.5) is 0 Å². The Labute approximate surface area is 109 Å². The maximum Gasteiger partial charge on any atom is 0.138 e. The average molecular weight is 253 g/mol. The van der Waals surface area contributed by atoms with Crippen molar-refractivity contribution in [1.29, 1.82) is 0 Å². The van der Waals surface area contributed by atoms with E-state index in [2.05, 4.69) is 36.1 Å². The van der Waals surface area contributed by atoms with E-state index < -0.39 is 0 Å². The second kappa shape index (κ2) is 7.67. The number of nitrogens with zero attached hydrogens (tertiary/aromatic N) is 2. The van der Waals surface area contributed by atoms with Gasteiger partial charge in [-0.15, -0.1) is 0 Å². The molecule has 0 aliphatic carbocycles. The van der Waals surface area contributed by atoms with Gasteiger partial charge in [0.2, 0.25) is 0 Å². The molecular weight excluding hydrogens is 230 g/mol. The van der Waals surface area contributed by atoms with Crippen molar-refractivity contribution in [2.75, 3.05) is 12.8 Å². The Morgan fingerprint density at radius 2 is 2.18 bits per heavy atom. The molecule has 0 bridgehead atoms. The second-order valence-corrected chi connectivity index (χ2v) is 5.58. The van der Waals surface area contributed by atoms with Gasteiger partial charge in [0, 0.05) is 24.0 Å². The van der Waals surface area contributed by atoms with Gasteiger partial charge in [0.1, 0.15) is 5.82 Å². The van der Waals surface area contributed by atoms with Crippen molar-refractivity contribution in [3.8, 4) is 0 Å². The summed E-state index contributed by atoms with van der Waals surface area (Å²) >= 11 is 1.91. The molecule has 1 aromatic rings. The van der Waals surface area contributed by atoms with Gasteiger partial charge in [-0.1, -0.05) is 20.8 Å². The molecule has 1 aromatic heterocycles. The molecule has 1 rings (SSSR count). The van der Waals surface area contributed by atoms with Crippen LogP contribution in [0.15, 0.2) is 6.20 Å². The smallest absolute Gasteiger partial charge is 0.138 e. The molecule has 1 heterocycles. The van der Waals surface area contributed by atoms with Gasteiger partial charge in [0.05, 0.1) is 5.75 Å². The molecular formula is C13H23N3S. The molecule has 1 N–H and O–H groups in total. The molecule has 0 saturated heterocycles. The molecule has 0 aliphatic rings. The third-order valence-electron chi connectivity index (χ3n) is 2.39. The summed E-state index contributed by atoms with van der Waals surface area (Å²) < 4.78 is 0. The predicted octanol–water partition coefficient (Wildman–Crippen LogP) is 2.65. The fraction of sp³-hybridized carbons (Fsp3) is 0.692. The molecule has 0 radical (unpaired) electrons. The molecule has 0 aliphatic heterocycles. The largest absolute Gasteiger partial charge is 0.316 e. The van der Waals surface area contributed by atoms with Gasteiger partial charge < -0.3 is 5.32 Å². The minimum absolute atomic E-state index is 0.731. The van der Waals surface area contributed by atoms with Crippen molar-refractivity contribution < 1.29 is 0 Å². The van der Waals surface area contributed by atoms with Crippen LogP contribution in [-0.4, -0.2) is 22.8 Å². The Kier molecular flexibility index (Phi) is 6.52. The summed E-state index contributed by atoms with van der Waals surface area (Å²) in [6.45, 7) is 7.47. The van der Waals surface area contributed by atoms with Crippen LogP contribution in [0.3, 0.4) is 0 Å². The molecule has 0 amide bonds. The molecule has 0 unspecified atom stereocenters. The normalized spacial score (nSPS) is 11.1. The maximum atomic E-state index is 4.63. The fourth-order valence-corrected chi connectivity index (χ4v) is 2.49. The van der Waals surface area contributed by atoms with Crippen LogP contribution >= 0.6 is 11.8 Å². The van der Waals surface area contributed by atoms with Gasteiger partial charge in [-0.2, -0.15) is 11.8 Å². The van der Waals surface area contributed by atoms with Crippen LogP contribution in [0.25, 0.3) is 0 Å². The van der Waals surface area contributed by atoms with Crippen molar-refractivity contribution in [1.82, 2.24) is 15.3 Å². The van der Waals surface area contributed by atoms with Crippen molar-refractivity contribution in [2.45, 2.75) is 39.5 Å². The van der Waals surface area contributed by atoms with E-state index in [0.717, 1.165) is 30.5 Å². The Hall–Kier alpha value is -0.610. The second-order valence-electron chi connectivity index (χ2n) is 4.55. The summed E-state index contributed by atoms with van der Waals surface area (Å²) in [6, 6.07) is 0. The Morgan fingerprint density at radius 1 is 1.41 bits per heavy atom. The summed E-state index contributed by atoms with van der Waals surface area (Å²) in [5.41, 5.74) is 2.39. The highest BCUT2D eigenvalue weighted by atomic mass is 32.2. The van der Waals surface area contributed by atoms with Gasteiger partial charge in [0.25, 0.3) is 0 Å². The van der Waals surface area contributed by atoms with Gasteiger partial charge in [-0.05, 0) is 25.1 Å². The molecule has 3 nitrogen and oxygen atoms in total. The third-order valence-corrected chi connectivity index (χ3v) is 3.75. The summed E-state index contributed by atoms with van der Waals surface area (Å²) in [5.74, 6) is 3.79. The van der Waals surface area contributed by atoms with E-state index in [1.54, 1.807) is 0 Å². The number of aromatic nitrogens is 2. The lowest BCUT2D eigenvalue weighted by Crippen LogP contribution is -2.11. The number of aryl methyl sites for hydroxylation is 1. The zero-order valence-electron chi connectivity index (χ0n) is 11.3. The van der Waals surface area contributed by atoms with Crippen molar-refractivity contribution in [3.63, 3.8) is 0 Å². The topological polar surface area (TPSA) is 37.8 Å². The highest BCUT2D eigenvalue weighted by Gasteiger charge is 2.05. The maximum absolute atomic E-state index is 4.63. The first-order valence-electron chi connectivity index (χ1n) is 6.23. The molecule has 0 aromatic carbocycles. The summed E-state index contributed by atoms with van der Waals surface area (Å²) in [5, 5.41) is 3.15. The van der Waals surface area contributed by atoms with E-state index in [9.17, 15) is 0 Å². The lowest BCUT2D eigenvalue weighted by Gasteiger charge is -2.09. The number of hydrogen-bond acceptors (Lipinski definition) is 4. The molecule has 0 fully saturated rings. The Bertz CT molecular complexity index is 339. The van der Waals surface area contributed by atoms with E-state index in [4.69, 9.17) is 0 Å². The number of hydrogen-bond donors (Lipinski definition) is 1. The lowest BCUT2D eigenvalue weighted by atomic mass is 10.2. The SMILES string of the molecule is CCc1nc(CSCC(C)C)ncc1CNC. The minimum atomic E-state index is 0.731. The van der Waals surface area contributed by atoms with Crippen molar-refractivity contribution in [3.05, 3.63) is 23.3 Å². The number of rotatable bonds is 7. The zero-order chi connectivity index (χ0) is 12.7. The molecule has 17 heavy (non-hydrogen) atoms. The highest BCUT2D eigenvalue weighted by Crippen LogP contribution is 2.14. The van der Waals surface area contributed by atoms with Crippen LogP contribution in [0.1, 0.15) is 37.9 Å². The predicted molar refractivity (Wildman–Crippen MR) is 75.2 cm³/mol. The fourth-order valence-electron chi connectivity index (χ4n) is 1.58. The van der Waals surface area contributed by atoms with E-state index in [0.29, 0.717) is 0 Å².